The van der Waals surface area contributed by atoms with E-state index in [4.69, 9.17) is 14.0 Å². The van der Waals surface area contributed by atoms with E-state index in [1.165, 1.54) is 0 Å². The van der Waals surface area contributed by atoms with Crippen molar-refractivity contribution in [1.29, 1.82) is 0 Å². The number of esters is 1. The van der Waals surface area contributed by atoms with Gasteiger partial charge in [0.15, 0.2) is 12.4 Å². The molecule has 1 aromatic carbocycles. The van der Waals surface area contributed by atoms with E-state index in [1.54, 1.807) is 43.3 Å². The van der Waals surface area contributed by atoms with Gasteiger partial charge in [0.2, 0.25) is 5.78 Å². The van der Waals surface area contributed by atoms with Crippen LogP contribution in [-0.2, 0) is 4.74 Å². The summed E-state index contributed by atoms with van der Waals surface area (Å²) in [6, 6.07) is 10.1. The molecule has 2 heterocycles. The zero-order valence-corrected chi connectivity index (χ0v) is 16.3. The molecule has 0 spiro atoms. The van der Waals surface area contributed by atoms with Crippen molar-refractivity contribution in [3.8, 4) is 11.6 Å². The molecule has 0 atom stereocenters. The molecule has 0 amide bonds. The number of ether oxygens (including phenoxy) is 2. The van der Waals surface area contributed by atoms with Gasteiger partial charge in [-0.1, -0.05) is 5.16 Å². The van der Waals surface area contributed by atoms with Gasteiger partial charge >= 0.3 is 5.97 Å². The van der Waals surface area contributed by atoms with Crippen molar-refractivity contribution in [1.82, 2.24) is 9.72 Å². The highest BCUT2D eigenvalue weighted by Crippen LogP contribution is 2.21. The number of rotatable bonds is 7. The van der Waals surface area contributed by atoms with Gasteiger partial charge in [-0.2, -0.15) is 0 Å². The summed E-state index contributed by atoms with van der Waals surface area (Å²) in [5, 5.41) is 4.00. The highest BCUT2D eigenvalue weighted by Gasteiger charge is 2.20. The molecule has 7 heteroatoms. The lowest BCUT2D eigenvalue weighted by atomic mass is 10.1. The molecule has 7 nitrogen and oxygen atoms in total. The normalized spacial score (nSPS) is 10.7. The lowest BCUT2D eigenvalue weighted by Gasteiger charge is -2.07. The summed E-state index contributed by atoms with van der Waals surface area (Å²) in [6.07, 6.45) is 0. The Kier molecular flexibility index (Phi) is 5.63. The maximum absolute atomic E-state index is 12.6. The molecule has 3 rings (SSSR count). The number of carbonyl (C=O) groups is 2. The van der Waals surface area contributed by atoms with E-state index in [-0.39, 0.29) is 12.4 Å². The summed E-state index contributed by atoms with van der Waals surface area (Å²) in [4.78, 5) is 24.8. The van der Waals surface area contributed by atoms with Crippen LogP contribution in [0.1, 0.15) is 44.8 Å². The third-order valence-electron chi connectivity index (χ3n) is 4.31. The second-order valence-electron chi connectivity index (χ2n) is 6.37. The van der Waals surface area contributed by atoms with Gasteiger partial charge in [-0.25, -0.2) is 4.79 Å². The smallest absolute Gasteiger partial charge is 0.338 e. The minimum atomic E-state index is -0.558. The Bertz CT molecular complexity index is 998. The standard InChI is InChI=1S/C21H22N2O5/c1-5-26-17-8-6-16(7-9-17)21(25)27-12-19(24)18-10-13(2)23(15(18)4)20-11-14(3)28-22-20/h6-11H,5,12H2,1-4H3. The molecule has 0 aliphatic heterocycles. The van der Waals surface area contributed by atoms with Gasteiger partial charge in [0.1, 0.15) is 11.5 Å². The van der Waals surface area contributed by atoms with Crippen molar-refractivity contribution in [2.75, 3.05) is 13.2 Å². The highest BCUT2D eigenvalue weighted by molar-refractivity contribution is 6.00. The van der Waals surface area contributed by atoms with Crippen LogP contribution in [0.5, 0.6) is 5.75 Å². The van der Waals surface area contributed by atoms with E-state index in [0.717, 1.165) is 5.69 Å². The summed E-state index contributed by atoms with van der Waals surface area (Å²) in [5.41, 5.74) is 2.40. The molecular weight excluding hydrogens is 360 g/mol. The molecule has 2 aromatic heterocycles. The van der Waals surface area contributed by atoms with Gasteiger partial charge < -0.3 is 14.0 Å². The van der Waals surface area contributed by atoms with Crippen LogP contribution < -0.4 is 4.74 Å². The molecule has 0 fully saturated rings. The van der Waals surface area contributed by atoms with Gasteiger partial charge in [-0.05, 0) is 58.0 Å². The Balaban J connectivity index is 1.69. The minimum absolute atomic E-state index is 0.279. The van der Waals surface area contributed by atoms with Crippen molar-refractivity contribution in [2.45, 2.75) is 27.7 Å². The van der Waals surface area contributed by atoms with Crippen LogP contribution >= 0.6 is 0 Å². The topological polar surface area (TPSA) is 83.6 Å². The molecule has 0 bridgehead atoms. The molecule has 0 N–H and O–H groups in total. The van der Waals surface area contributed by atoms with Crippen molar-refractivity contribution in [2.24, 2.45) is 0 Å². The Morgan fingerprint density at radius 2 is 1.82 bits per heavy atom. The number of hydrogen-bond donors (Lipinski definition) is 0. The number of aromatic nitrogens is 2. The Morgan fingerprint density at radius 1 is 1.11 bits per heavy atom. The number of aryl methyl sites for hydroxylation is 2. The first kappa shape index (κ1) is 19.4. The van der Waals surface area contributed by atoms with Crippen molar-refractivity contribution >= 4 is 11.8 Å². The third kappa shape index (κ3) is 3.98. The molecule has 0 unspecified atom stereocenters. The van der Waals surface area contributed by atoms with E-state index in [2.05, 4.69) is 5.16 Å². The molecule has 146 valence electrons. The van der Waals surface area contributed by atoms with E-state index >= 15 is 0 Å². The zero-order valence-electron chi connectivity index (χ0n) is 16.3. The molecule has 3 aromatic rings. The predicted molar refractivity (Wildman–Crippen MR) is 102 cm³/mol. The summed E-state index contributed by atoms with van der Waals surface area (Å²) >= 11 is 0. The van der Waals surface area contributed by atoms with E-state index in [1.807, 2.05) is 25.3 Å². The van der Waals surface area contributed by atoms with Gasteiger partial charge in [-0.15, -0.1) is 0 Å². The fraction of sp³-hybridized carbons (Fsp3) is 0.286. The monoisotopic (exact) mass is 382 g/mol. The Labute approximate surface area is 162 Å². The summed E-state index contributed by atoms with van der Waals surface area (Å²) in [6.45, 7) is 7.59. The predicted octanol–water partition coefficient (Wildman–Crippen LogP) is 3.83. The molecule has 0 aliphatic carbocycles. The number of Topliss-reactive ketones (excluding diaryl/α,β-unsaturated/α-hetero) is 1. The molecule has 28 heavy (non-hydrogen) atoms. The fourth-order valence-electron chi connectivity index (χ4n) is 3.00. The van der Waals surface area contributed by atoms with Crippen LogP contribution in [0.3, 0.4) is 0 Å². The van der Waals surface area contributed by atoms with Crippen molar-refractivity contribution in [3.63, 3.8) is 0 Å². The lowest BCUT2D eigenvalue weighted by molar-refractivity contribution is 0.0474. The molecular formula is C21H22N2O5. The molecule has 0 aliphatic rings. The largest absolute Gasteiger partial charge is 0.494 e. The first-order valence-corrected chi connectivity index (χ1v) is 8.96. The number of nitrogens with zero attached hydrogens (tertiary/aromatic N) is 2. The summed E-state index contributed by atoms with van der Waals surface area (Å²) < 4.78 is 17.5. The van der Waals surface area contributed by atoms with Crippen LogP contribution in [0.2, 0.25) is 0 Å². The number of benzene rings is 1. The Hall–Kier alpha value is -3.35. The van der Waals surface area contributed by atoms with Gasteiger partial charge in [0.25, 0.3) is 0 Å². The SMILES string of the molecule is CCOc1ccc(C(=O)OCC(=O)c2cc(C)n(-c3cc(C)on3)c2C)cc1. The number of hydrogen-bond acceptors (Lipinski definition) is 6. The third-order valence-corrected chi connectivity index (χ3v) is 4.31. The highest BCUT2D eigenvalue weighted by atomic mass is 16.5. The van der Waals surface area contributed by atoms with E-state index in [9.17, 15) is 9.59 Å². The first-order valence-electron chi connectivity index (χ1n) is 8.96. The summed E-state index contributed by atoms with van der Waals surface area (Å²) in [5.74, 6) is 1.12. The second-order valence-corrected chi connectivity index (χ2v) is 6.37. The van der Waals surface area contributed by atoms with Crippen LogP contribution in [0.15, 0.2) is 40.9 Å². The average molecular weight is 382 g/mol. The molecule has 0 saturated carbocycles. The summed E-state index contributed by atoms with van der Waals surface area (Å²) in [7, 11) is 0. The first-order chi connectivity index (χ1) is 13.4. The van der Waals surface area contributed by atoms with Crippen LogP contribution in [0.4, 0.5) is 0 Å². The maximum atomic E-state index is 12.6. The van der Waals surface area contributed by atoms with E-state index < -0.39 is 5.97 Å². The van der Waals surface area contributed by atoms with Gasteiger partial charge in [0.05, 0.1) is 12.2 Å². The minimum Gasteiger partial charge on any atom is -0.494 e. The maximum Gasteiger partial charge on any atom is 0.338 e. The lowest BCUT2D eigenvalue weighted by Crippen LogP contribution is -2.15. The van der Waals surface area contributed by atoms with Crippen molar-refractivity contribution < 1.29 is 23.6 Å². The van der Waals surface area contributed by atoms with Crippen molar-refractivity contribution in [3.05, 3.63) is 64.7 Å². The number of ketones is 1. The second kappa shape index (κ2) is 8.12. The van der Waals surface area contributed by atoms with E-state index in [0.29, 0.717) is 40.8 Å². The van der Waals surface area contributed by atoms with Crippen LogP contribution in [0, 0.1) is 20.8 Å². The molecule has 0 saturated heterocycles. The van der Waals surface area contributed by atoms with Gasteiger partial charge in [-0.3, -0.25) is 9.36 Å². The number of carbonyl (C=O) groups excluding carboxylic acids is 2. The quantitative estimate of drug-likeness (QED) is 0.456. The average Bonchev–Trinajstić information content (AvgIpc) is 3.22. The van der Waals surface area contributed by atoms with Gasteiger partial charge in [0, 0.05) is 23.0 Å². The van der Waals surface area contributed by atoms with Crippen LogP contribution in [0.25, 0.3) is 5.82 Å². The molecule has 0 radical (unpaired) electrons. The Morgan fingerprint density at radius 3 is 2.43 bits per heavy atom. The van der Waals surface area contributed by atoms with Crippen LogP contribution in [-0.4, -0.2) is 34.7 Å². The zero-order chi connectivity index (χ0) is 20.3. The fourth-order valence-corrected chi connectivity index (χ4v) is 3.00.